The first-order valence-corrected chi connectivity index (χ1v) is 10.2. The van der Waals surface area contributed by atoms with Gasteiger partial charge in [-0.1, -0.05) is 13.8 Å². The van der Waals surface area contributed by atoms with Crippen molar-refractivity contribution in [3.8, 4) is 5.75 Å². The Labute approximate surface area is 153 Å². The quantitative estimate of drug-likeness (QED) is 0.740. The molecule has 26 heavy (non-hydrogen) atoms. The zero-order valence-electron chi connectivity index (χ0n) is 15.0. The summed E-state index contributed by atoms with van der Waals surface area (Å²) in [7, 11) is -3.65. The summed E-state index contributed by atoms with van der Waals surface area (Å²) in [5.74, 6) is 0.597. The molecule has 1 aromatic carbocycles. The van der Waals surface area contributed by atoms with Crippen molar-refractivity contribution in [1.82, 2.24) is 13.9 Å². The second-order valence-corrected chi connectivity index (χ2v) is 8.82. The largest absolute Gasteiger partial charge is 0.492 e. The van der Waals surface area contributed by atoms with E-state index in [0.29, 0.717) is 18.2 Å². The average Bonchev–Trinajstić information content (AvgIpc) is 3.23. The number of benzene rings is 1. The van der Waals surface area contributed by atoms with Crippen LogP contribution < -0.4 is 4.74 Å². The minimum Gasteiger partial charge on any atom is -0.492 e. The van der Waals surface area contributed by atoms with Gasteiger partial charge in [0.2, 0.25) is 0 Å². The third-order valence-electron chi connectivity index (χ3n) is 4.34. The SMILES string of the molecule is CC(C)Cn1cnc(S(=O)(=O)N2CCC[C@@H]2COc2ccc(F)cc2)c1. The molecule has 1 fully saturated rings. The Balaban J connectivity index is 1.69. The molecule has 0 bridgehead atoms. The lowest BCUT2D eigenvalue weighted by molar-refractivity contribution is 0.232. The second kappa shape index (κ2) is 7.75. The van der Waals surface area contributed by atoms with E-state index in [2.05, 4.69) is 18.8 Å². The van der Waals surface area contributed by atoms with Crippen molar-refractivity contribution < 1.29 is 17.5 Å². The van der Waals surface area contributed by atoms with E-state index < -0.39 is 10.0 Å². The minimum atomic E-state index is -3.65. The number of imidazole rings is 1. The topological polar surface area (TPSA) is 64.4 Å². The van der Waals surface area contributed by atoms with Crippen molar-refractivity contribution in [3.05, 3.63) is 42.6 Å². The first-order chi connectivity index (χ1) is 12.4. The summed E-state index contributed by atoms with van der Waals surface area (Å²) in [5.41, 5.74) is 0. The molecular formula is C18H24FN3O3S. The monoisotopic (exact) mass is 381 g/mol. The molecule has 1 aliphatic heterocycles. The molecule has 8 heteroatoms. The fraction of sp³-hybridized carbons (Fsp3) is 0.500. The fourth-order valence-corrected chi connectivity index (χ4v) is 4.75. The molecule has 2 heterocycles. The molecule has 1 atom stereocenters. The Bertz CT molecular complexity index is 834. The molecule has 142 valence electrons. The van der Waals surface area contributed by atoms with Crippen LogP contribution in [0.25, 0.3) is 0 Å². The molecule has 1 aromatic heterocycles. The summed E-state index contributed by atoms with van der Waals surface area (Å²) < 4.78 is 47.8. The molecule has 2 aromatic rings. The highest BCUT2D eigenvalue weighted by molar-refractivity contribution is 7.89. The lowest BCUT2D eigenvalue weighted by atomic mass is 10.2. The number of hydrogen-bond acceptors (Lipinski definition) is 4. The van der Waals surface area contributed by atoms with Crippen LogP contribution in [0.3, 0.4) is 0 Å². The van der Waals surface area contributed by atoms with Crippen LogP contribution in [0.2, 0.25) is 0 Å². The van der Waals surface area contributed by atoms with Gasteiger partial charge in [-0.3, -0.25) is 0 Å². The summed E-state index contributed by atoms with van der Waals surface area (Å²) in [5, 5.41) is 0.0758. The van der Waals surface area contributed by atoms with Gasteiger partial charge in [0.05, 0.1) is 12.4 Å². The molecule has 0 unspecified atom stereocenters. The zero-order chi connectivity index (χ0) is 18.7. The highest BCUT2D eigenvalue weighted by Crippen LogP contribution is 2.26. The van der Waals surface area contributed by atoms with Crippen LogP contribution in [-0.2, 0) is 16.6 Å². The zero-order valence-corrected chi connectivity index (χ0v) is 15.8. The molecule has 6 nitrogen and oxygen atoms in total. The minimum absolute atomic E-state index is 0.0758. The highest BCUT2D eigenvalue weighted by atomic mass is 32.2. The van der Waals surface area contributed by atoms with Gasteiger partial charge in [0, 0.05) is 19.3 Å². The summed E-state index contributed by atoms with van der Waals surface area (Å²) in [6, 6.07) is 5.47. The van der Waals surface area contributed by atoms with E-state index in [1.807, 2.05) is 0 Å². The Morgan fingerprint density at radius 1 is 1.31 bits per heavy atom. The number of rotatable bonds is 7. The van der Waals surface area contributed by atoms with Gasteiger partial charge in [-0.15, -0.1) is 0 Å². The Morgan fingerprint density at radius 2 is 2.04 bits per heavy atom. The summed E-state index contributed by atoms with van der Waals surface area (Å²) >= 11 is 0. The van der Waals surface area contributed by atoms with Crippen LogP contribution in [0.1, 0.15) is 26.7 Å². The van der Waals surface area contributed by atoms with Crippen LogP contribution in [0.4, 0.5) is 4.39 Å². The number of aromatic nitrogens is 2. The number of hydrogen-bond donors (Lipinski definition) is 0. The van der Waals surface area contributed by atoms with Gasteiger partial charge < -0.3 is 9.30 Å². The molecule has 3 rings (SSSR count). The van der Waals surface area contributed by atoms with Crippen LogP contribution in [0.5, 0.6) is 5.75 Å². The maximum atomic E-state index is 13.0. The molecule has 0 aliphatic carbocycles. The highest BCUT2D eigenvalue weighted by Gasteiger charge is 2.37. The third-order valence-corrected chi connectivity index (χ3v) is 6.18. The fourth-order valence-electron chi connectivity index (χ4n) is 3.13. The Kier molecular flexibility index (Phi) is 5.62. The van der Waals surface area contributed by atoms with Crippen molar-refractivity contribution in [1.29, 1.82) is 0 Å². The average molecular weight is 381 g/mol. The van der Waals surface area contributed by atoms with E-state index in [4.69, 9.17) is 4.74 Å². The van der Waals surface area contributed by atoms with E-state index in [1.54, 1.807) is 17.1 Å². The maximum Gasteiger partial charge on any atom is 0.262 e. The van der Waals surface area contributed by atoms with Crippen molar-refractivity contribution in [3.63, 3.8) is 0 Å². The first-order valence-electron chi connectivity index (χ1n) is 8.78. The number of sulfonamides is 1. The number of halogens is 1. The molecule has 1 saturated heterocycles. The summed E-state index contributed by atoms with van der Waals surface area (Å²) in [6.07, 6.45) is 4.66. The third kappa shape index (κ3) is 4.24. The molecule has 0 N–H and O–H groups in total. The first kappa shape index (κ1) is 18.8. The smallest absolute Gasteiger partial charge is 0.262 e. The van der Waals surface area contributed by atoms with Crippen LogP contribution >= 0.6 is 0 Å². The normalized spacial score (nSPS) is 18.5. The Morgan fingerprint density at radius 3 is 2.73 bits per heavy atom. The molecule has 1 aliphatic rings. The molecule has 0 amide bonds. The van der Waals surface area contributed by atoms with Gasteiger partial charge in [0.25, 0.3) is 10.0 Å². The number of ether oxygens (including phenoxy) is 1. The van der Waals surface area contributed by atoms with Gasteiger partial charge in [-0.2, -0.15) is 4.31 Å². The van der Waals surface area contributed by atoms with Crippen molar-refractivity contribution >= 4 is 10.0 Å². The standard InChI is InChI=1S/C18H24FN3O3S/c1-14(2)10-21-11-18(20-13-21)26(23,24)22-9-3-4-16(22)12-25-17-7-5-15(19)6-8-17/h5-8,11,13-14,16H,3-4,9-10,12H2,1-2H3/t16-/m1/s1. The summed E-state index contributed by atoms with van der Waals surface area (Å²) in [4.78, 5) is 4.10. The van der Waals surface area contributed by atoms with Gasteiger partial charge in [-0.05, 0) is 43.0 Å². The predicted molar refractivity (Wildman–Crippen MR) is 95.9 cm³/mol. The van der Waals surface area contributed by atoms with Crippen molar-refractivity contribution in [2.45, 2.75) is 44.3 Å². The van der Waals surface area contributed by atoms with Crippen LogP contribution in [0.15, 0.2) is 41.8 Å². The predicted octanol–water partition coefficient (Wildman–Crippen LogP) is 2.91. The van der Waals surface area contributed by atoms with Gasteiger partial charge in [0.15, 0.2) is 5.03 Å². The van der Waals surface area contributed by atoms with Crippen LogP contribution in [0, 0.1) is 11.7 Å². The van der Waals surface area contributed by atoms with Crippen molar-refractivity contribution in [2.75, 3.05) is 13.2 Å². The second-order valence-electron chi connectivity index (χ2n) is 6.98. The lowest BCUT2D eigenvalue weighted by Gasteiger charge is -2.23. The summed E-state index contributed by atoms with van der Waals surface area (Å²) in [6.45, 7) is 5.54. The van der Waals surface area contributed by atoms with Gasteiger partial charge in [0.1, 0.15) is 18.2 Å². The van der Waals surface area contributed by atoms with E-state index >= 15 is 0 Å². The molecule has 0 radical (unpaired) electrons. The molecule has 0 spiro atoms. The Hall–Kier alpha value is -1.93. The van der Waals surface area contributed by atoms with E-state index in [-0.39, 0.29) is 23.5 Å². The molecule has 0 saturated carbocycles. The lowest BCUT2D eigenvalue weighted by Crippen LogP contribution is -2.39. The maximum absolute atomic E-state index is 13.0. The molecular weight excluding hydrogens is 357 g/mol. The van der Waals surface area contributed by atoms with E-state index in [0.717, 1.165) is 19.4 Å². The van der Waals surface area contributed by atoms with E-state index in [9.17, 15) is 12.8 Å². The number of nitrogens with zero attached hydrogens (tertiary/aromatic N) is 3. The van der Waals surface area contributed by atoms with Crippen molar-refractivity contribution in [2.24, 2.45) is 5.92 Å². The van der Waals surface area contributed by atoms with Gasteiger partial charge >= 0.3 is 0 Å². The van der Waals surface area contributed by atoms with Crippen LogP contribution in [-0.4, -0.2) is 41.5 Å². The van der Waals surface area contributed by atoms with E-state index in [1.165, 1.54) is 28.6 Å². The van der Waals surface area contributed by atoms with Gasteiger partial charge in [-0.25, -0.2) is 17.8 Å².